The number of hydrogen-bond acceptors (Lipinski definition) is 6. The van der Waals surface area contributed by atoms with E-state index in [1.54, 1.807) is 0 Å². The van der Waals surface area contributed by atoms with E-state index in [0.717, 1.165) is 0 Å². The van der Waals surface area contributed by atoms with Gasteiger partial charge in [0.2, 0.25) is 0 Å². The molecule has 0 fully saturated rings. The van der Waals surface area contributed by atoms with Crippen molar-refractivity contribution in [1.82, 2.24) is 0 Å². The summed E-state index contributed by atoms with van der Waals surface area (Å²) in [5, 5.41) is 13.4. The van der Waals surface area contributed by atoms with Gasteiger partial charge in [-0.05, 0) is 30.3 Å². The Morgan fingerprint density at radius 1 is 1.20 bits per heavy atom. The third-order valence-corrected chi connectivity index (χ3v) is 5.25. The number of methoxy groups -OCH3 is 1. The summed E-state index contributed by atoms with van der Waals surface area (Å²) in [6, 6.07) is 9.33. The van der Waals surface area contributed by atoms with Gasteiger partial charge in [-0.15, -0.1) is 0 Å². The third-order valence-electron chi connectivity index (χ3n) is 3.50. The van der Waals surface area contributed by atoms with Gasteiger partial charge in [0.25, 0.3) is 11.6 Å². The van der Waals surface area contributed by atoms with Gasteiger partial charge in [-0.1, -0.05) is 6.92 Å². The van der Waals surface area contributed by atoms with Crippen LogP contribution in [-0.4, -0.2) is 32.1 Å². The number of nitrogens with zero attached hydrogens (tertiary/aromatic N) is 1. The molecule has 0 aromatic heterocycles. The number of amides is 1. The first-order chi connectivity index (χ1) is 11.8. The summed E-state index contributed by atoms with van der Waals surface area (Å²) in [6.45, 7) is 1.54. The van der Waals surface area contributed by atoms with E-state index in [9.17, 15) is 23.3 Å². The van der Waals surface area contributed by atoms with Crippen LogP contribution in [0.1, 0.15) is 17.3 Å². The molecule has 0 heterocycles. The first-order valence-electron chi connectivity index (χ1n) is 7.25. The molecule has 0 bridgehead atoms. The standard InChI is InChI=1S/C16H16N2O6S/c1-3-25(22,23)13-7-4-11(5-8-13)16(19)17-14-9-6-12(18(20)21)10-15(14)24-2/h4-10H,3H2,1-2H3,(H,17,19). The number of nitro groups is 1. The Balaban J connectivity index is 2.24. The monoisotopic (exact) mass is 364 g/mol. The van der Waals surface area contributed by atoms with Gasteiger partial charge >= 0.3 is 0 Å². The van der Waals surface area contributed by atoms with Crippen LogP contribution in [0.15, 0.2) is 47.4 Å². The second-order valence-electron chi connectivity index (χ2n) is 5.02. The fourth-order valence-electron chi connectivity index (χ4n) is 2.07. The number of benzene rings is 2. The smallest absolute Gasteiger partial charge is 0.273 e. The van der Waals surface area contributed by atoms with Gasteiger partial charge < -0.3 is 10.1 Å². The Labute approximate surface area is 144 Å². The fourth-order valence-corrected chi connectivity index (χ4v) is 2.96. The number of ether oxygens (including phenoxy) is 1. The lowest BCUT2D eigenvalue weighted by atomic mass is 10.2. The molecular weight excluding hydrogens is 348 g/mol. The molecule has 0 aliphatic carbocycles. The lowest BCUT2D eigenvalue weighted by Crippen LogP contribution is -2.13. The minimum absolute atomic E-state index is 0.0292. The fraction of sp³-hybridized carbons (Fsp3) is 0.188. The SMILES string of the molecule is CCS(=O)(=O)c1ccc(C(=O)Nc2ccc([N+](=O)[O-])cc2OC)cc1. The molecule has 0 radical (unpaired) electrons. The molecule has 1 amide bonds. The lowest BCUT2D eigenvalue weighted by Gasteiger charge is -2.10. The number of carbonyl (C=O) groups is 1. The van der Waals surface area contributed by atoms with Crippen molar-refractivity contribution < 1.29 is 22.9 Å². The lowest BCUT2D eigenvalue weighted by molar-refractivity contribution is -0.384. The molecule has 0 aliphatic rings. The zero-order valence-corrected chi connectivity index (χ0v) is 14.4. The van der Waals surface area contributed by atoms with E-state index < -0.39 is 20.7 Å². The molecule has 0 saturated heterocycles. The number of nitro benzene ring substituents is 1. The number of anilines is 1. The highest BCUT2D eigenvalue weighted by atomic mass is 32.2. The largest absolute Gasteiger partial charge is 0.494 e. The summed E-state index contributed by atoms with van der Waals surface area (Å²) in [6.07, 6.45) is 0. The maximum Gasteiger partial charge on any atom is 0.273 e. The van der Waals surface area contributed by atoms with E-state index in [1.165, 1.54) is 56.5 Å². The molecule has 2 aromatic carbocycles. The molecular formula is C16H16N2O6S. The third kappa shape index (κ3) is 4.13. The van der Waals surface area contributed by atoms with Crippen molar-refractivity contribution in [3.05, 3.63) is 58.1 Å². The molecule has 0 unspecified atom stereocenters. The van der Waals surface area contributed by atoms with Crippen molar-refractivity contribution in [1.29, 1.82) is 0 Å². The average molecular weight is 364 g/mol. The second-order valence-corrected chi connectivity index (χ2v) is 7.30. The van der Waals surface area contributed by atoms with E-state index in [1.807, 2.05) is 0 Å². The quantitative estimate of drug-likeness (QED) is 0.622. The maximum atomic E-state index is 12.3. The summed E-state index contributed by atoms with van der Waals surface area (Å²) in [5.74, 6) is -0.376. The first-order valence-corrected chi connectivity index (χ1v) is 8.90. The van der Waals surface area contributed by atoms with E-state index in [0.29, 0.717) is 0 Å². The number of hydrogen-bond donors (Lipinski definition) is 1. The minimum Gasteiger partial charge on any atom is -0.494 e. The number of nitrogens with one attached hydrogen (secondary N) is 1. The van der Waals surface area contributed by atoms with Gasteiger partial charge in [0.15, 0.2) is 9.84 Å². The summed E-state index contributed by atoms with van der Waals surface area (Å²) < 4.78 is 28.6. The summed E-state index contributed by atoms with van der Waals surface area (Å²) in [4.78, 5) is 22.6. The topological polar surface area (TPSA) is 116 Å². The number of rotatable bonds is 6. The highest BCUT2D eigenvalue weighted by Gasteiger charge is 2.16. The van der Waals surface area contributed by atoms with Gasteiger partial charge in [-0.25, -0.2) is 8.42 Å². The van der Waals surface area contributed by atoms with Crippen LogP contribution in [0.4, 0.5) is 11.4 Å². The molecule has 8 nitrogen and oxygen atoms in total. The Bertz CT molecular complexity index is 907. The first kappa shape index (κ1) is 18.4. The minimum atomic E-state index is -3.34. The van der Waals surface area contributed by atoms with Crippen LogP contribution in [0.5, 0.6) is 5.75 Å². The van der Waals surface area contributed by atoms with Crippen molar-refractivity contribution in [3.8, 4) is 5.75 Å². The van der Waals surface area contributed by atoms with E-state index in [4.69, 9.17) is 4.74 Å². The molecule has 25 heavy (non-hydrogen) atoms. The van der Waals surface area contributed by atoms with Crippen LogP contribution < -0.4 is 10.1 Å². The van der Waals surface area contributed by atoms with Crippen molar-refractivity contribution in [2.45, 2.75) is 11.8 Å². The van der Waals surface area contributed by atoms with E-state index in [-0.39, 0.29) is 33.3 Å². The van der Waals surface area contributed by atoms with Crippen molar-refractivity contribution >= 4 is 27.1 Å². The Kier molecular flexibility index (Phi) is 5.38. The number of non-ortho nitro benzene ring substituents is 1. The number of carbonyl (C=O) groups excluding carboxylic acids is 1. The van der Waals surface area contributed by atoms with E-state index in [2.05, 4.69) is 5.32 Å². The van der Waals surface area contributed by atoms with Crippen LogP contribution in [0.2, 0.25) is 0 Å². The van der Waals surface area contributed by atoms with E-state index >= 15 is 0 Å². The molecule has 132 valence electrons. The predicted octanol–water partition coefficient (Wildman–Crippen LogP) is 2.65. The normalized spacial score (nSPS) is 11.0. The van der Waals surface area contributed by atoms with Crippen molar-refractivity contribution in [3.63, 3.8) is 0 Å². The second kappa shape index (κ2) is 7.31. The molecule has 9 heteroatoms. The Morgan fingerprint density at radius 2 is 1.84 bits per heavy atom. The van der Waals surface area contributed by atoms with Crippen molar-refractivity contribution in [2.24, 2.45) is 0 Å². The average Bonchev–Trinajstić information content (AvgIpc) is 2.61. The van der Waals surface area contributed by atoms with Crippen LogP contribution in [0.25, 0.3) is 0 Å². The molecule has 0 saturated carbocycles. The number of sulfone groups is 1. The Morgan fingerprint density at radius 3 is 2.36 bits per heavy atom. The highest BCUT2D eigenvalue weighted by Crippen LogP contribution is 2.29. The zero-order chi connectivity index (χ0) is 18.6. The maximum absolute atomic E-state index is 12.3. The van der Waals surface area contributed by atoms with Gasteiger partial charge in [0.05, 0.1) is 34.4 Å². The molecule has 2 aromatic rings. The molecule has 2 rings (SSSR count). The predicted molar refractivity (Wildman–Crippen MR) is 91.8 cm³/mol. The summed E-state index contributed by atoms with van der Waals surface area (Å²) >= 11 is 0. The summed E-state index contributed by atoms with van der Waals surface area (Å²) in [5.41, 5.74) is 0.350. The summed E-state index contributed by atoms with van der Waals surface area (Å²) in [7, 11) is -2.01. The molecule has 0 spiro atoms. The van der Waals surface area contributed by atoms with Gasteiger partial charge in [0.1, 0.15) is 5.75 Å². The molecule has 0 aliphatic heterocycles. The van der Waals surface area contributed by atoms with Gasteiger partial charge in [0, 0.05) is 11.6 Å². The van der Waals surface area contributed by atoms with Crippen LogP contribution in [0.3, 0.4) is 0 Å². The van der Waals surface area contributed by atoms with Crippen LogP contribution in [0, 0.1) is 10.1 Å². The van der Waals surface area contributed by atoms with Gasteiger partial charge in [-0.2, -0.15) is 0 Å². The molecule has 0 atom stereocenters. The van der Waals surface area contributed by atoms with Crippen molar-refractivity contribution in [2.75, 3.05) is 18.2 Å². The van der Waals surface area contributed by atoms with Gasteiger partial charge in [-0.3, -0.25) is 14.9 Å². The highest BCUT2D eigenvalue weighted by molar-refractivity contribution is 7.91. The molecule has 1 N–H and O–H groups in total. The Hall–Kier alpha value is -2.94. The van der Waals surface area contributed by atoms with Crippen LogP contribution >= 0.6 is 0 Å². The van der Waals surface area contributed by atoms with Crippen LogP contribution in [-0.2, 0) is 9.84 Å². The zero-order valence-electron chi connectivity index (χ0n) is 13.6.